The predicted octanol–water partition coefficient (Wildman–Crippen LogP) is 4.16. The van der Waals surface area contributed by atoms with Gasteiger partial charge >= 0.3 is 0 Å². The molecule has 2 aliphatic rings. The number of benzene rings is 2. The van der Waals surface area contributed by atoms with E-state index in [4.69, 9.17) is 0 Å². The molecule has 0 bridgehead atoms. The summed E-state index contributed by atoms with van der Waals surface area (Å²) in [6.07, 6.45) is 4.06. The maximum Gasteiger partial charge on any atom is 0.293 e. The minimum Gasteiger partial charge on any atom is -0.377 e. The van der Waals surface area contributed by atoms with E-state index in [9.17, 15) is 19.3 Å². The summed E-state index contributed by atoms with van der Waals surface area (Å²) >= 11 is 0. The van der Waals surface area contributed by atoms with Gasteiger partial charge in [-0.15, -0.1) is 0 Å². The number of amides is 1. The molecule has 2 aromatic rings. The quantitative estimate of drug-likeness (QED) is 0.577. The van der Waals surface area contributed by atoms with Crippen LogP contribution in [-0.2, 0) is 0 Å². The molecule has 2 fully saturated rings. The van der Waals surface area contributed by atoms with Crippen molar-refractivity contribution in [2.75, 3.05) is 28.6 Å². The first-order valence-corrected chi connectivity index (χ1v) is 9.42. The van der Waals surface area contributed by atoms with Gasteiger partial charge in [0.25, 0.3) is 11.6 Å². The smallest absolute Gasteiger partial charge is 0.293 e. The van der Waals surface area contributed by atoms with Crippen molar-refractivity contribution in [3.8, 4) is 0 Å². The topological polar surface area (TPSA) is 87.5 Å². The normalized spacial score (nSPS) is 16.1. The van der Waals surface area contributed by atoms with Crippen LogP contribution >= 0.6 is 0 Å². The van der Waals surface area contributed by atoms with Crippen LogP contribution in [0.2, 0.25) is 0 Å². The number of halogens is 1. The van der Waals surface area contributed by atoms with Gasteiger partial charge in [0.2, 0.25) is 0 Å². The number of anilines is 3. The van der Waals surface area contributed by atoms with Gasteiger partial charge in [-0.05, 0) is 56.0 Å². The lowest BCUT2D eigenvalue weighted by Crippen LogP contribution is -2.19. The zero-order chi connectivity index (χ0) is 19.7. The molecule has 4 rings (SSSR count). The maximum absolute atomic E-state index is 14.4. The number of hydrogen-bond donors (Lipinski definition) is 2. The molecule has 1 amide bonds. The SMILES string of the molecule is O=C(Nc1ccc(N2CCCC2)c(F)c1)c1ccc(NC2CC2)c([N+](=O)[O-])c1. The van der Waals surface area contributed by atoms with Crippen molar-refractivity contribution in [3.05, 3.63) is 57.9 Å². The van der Waals surface area contributed by atoms with Crippen LogP contribution in [0.15, 0.2) is 36.4 Å². The van der Waals surface area contributed by atoms with Crippen molar-refractivity contribution in [2.45, 2.75) is 31.7 Å². The van der Waals surface area contributed by atoms with Crippen LogP contribution in [-0.4, -0.2) is 30.0 Å². The van der Waals surface area contributed by atoms with Gasteiger partial charge in [-0.25, -0.2) is 4.39 Å². The minimum absolute atomic E-state index is 0.143. The summed E-state index contributed by atoms with van der Waals surface area (Å²) in [4.78, 5) is 25.3. The van der Waals surface area contributed by atoms with Gasteiger partial charge in [0.05, 0.1) is 10.6 Å². The first kappa shape index (κ1) is 18.2. The lowest BCUT2D eigenvalue weighted by Gasteiger charge is -2.18. The Morgan fingerprint density at radius 3 is 2.54 bits per heavy atom. The maximum atomic E-state index is 14.4. The first-order valence-electron chi connectivity index (χ1n) is 9.42. The molecular weight excluding hydrogens is 363 g/mol. The molecule has 1 heterocycles. The van der Waals surface area contributed by atoms with E-state index in [-0.39, 0.29) is 17.3 Å². The van der Waals surface area contributed by atoms with Crippen molar-refractivity contribution >= 4 is 28.7 Å². The minimum atomic E-state index is -0.519. The molecule has 28 heavy (non-hydrogen) atoms. The molecule has 0 radical (unpaired) electrons. The summed E-state index contributed by atoms with van der Waals surface area (Å²) in [6, 6.07) is 9.16. The van der Waals surface area contributed by atoms with E-state index < -0.39 is 16.6 Å². The van der Waals surface area contributed by atoms with Crippen LogP contribution in [0.1, 0.15) is 36.0 Å². The zero-order valence-electron chi connectivity index (χ0n) is 15.3. The predicted molar refractivity (Wildman–Crippen MR) is 106 cm³/mol. The Balaban J connectivity index is 1.50. The van der Waals surface area contributed by atoms with Crippen molar-refractivity contribution in [3.63, 3.8) is 0 Å². The number of carbonyl (C=O) groups excluding carboxylic acids is 1. The number of carbonyl (C=O) groups is 1. The average Bonchev–Trinajstić information content (AvgIpc) is 3.31. The standard InChI is InChI=1S/C20H21FN4O3/c21-16-12-15(6-8-18(16)24-9-1-2-10-24)23-20(26)13-3-7-17(22-14-4-5-14)19(11-13)25(27)28/h3,6-8,11-12,14,22H,1-2,4-5,9-10H2,(H,23,26). The van der Waals surface area contributed by atoms with Crippen molar-refractivity contribution in [2.24, 2.45) is 0 Å². The molecule has 7 nitrogen and oxygen atoms in total. The van der Waals surface area contributed by atoms with Gasteiger partial charge in [0.1, 0.15) is 11.5 Å². The Labute approximate surface area is 161 Å². The highest BCUT2D eigenvalue weighted by molar-refractivity contribution is 6.05. The lowest BCUT2D eigenvalue weighted by molar-refractivity contribution is -0.384. The Kier molecular flexibility index (Phi) is 4.85. The monoisotopic (exact) mass is 384 g/mol. The number of rotatable bonds is 6. The molecule has 0 spiro atoms. The summed E-state index contributed by atoms with van der Waals surface area (Å²) in [7, 11) is 0. The van der Waals surface area contributed by atoms with Gasteiger partial charge in [0, 0.05) is 36.4 Å². The highest BCUT2D eigenvalue weighted by Crippen LogP contribution is 2.32. The fraction of sp³-hybridized carbons (Fsp3) is 0.350. The van der Waals surface area contributed by atoms with Crippen LogP contribution < -0.4 is 15.5 Å². The molecule has 1 aliphatic heterocycles. The van der Waals surface area contributed by atoms with Crippen LogP contribution in [0.4, 0.5) is 27.1 Å². The van der Waals surface area contributed by atoms with Gasteiger partial charge in [-0.1, -0.05) is 0 Å². The van der Waals surface area contributed by atoms with Crippen molar-refractivity contribution in [1.82, 2.24) is 0 Å². The molecule has 146 valence electrons. The van der Waals surface area contributed by atoms with Gasteiger partial charge in [-0.2, -0.15) is 0 Å². The summed E-state index contributed by atoms with van der Waals surface area (Å²) in [6.45, 7) is 1.65. The second-order valence-corrected chi connectivity index (χ2v) is 7.22. The third kappa shape index (κ3) is 3.90. The summed E-state index contributed by atoms with van der Waals surface area (Å²) in [5.74, 6) is -0.913. The molecule has 0 aromatic heterocycles. The number of nitro benzene ring substituents is 1. The second kappa shape index (κ2) is 7.46. The summed E-state index contributed by atoms with van der Waals surface area (Å²) < 4.78 is 14.4. The molecular formula is C20H21FN4O3. The average molecular weight is 384 g/mol. The number of hydrogen-bond acceptors (Lipinski definition) is 5. The van der Waals surface area contributed by atoms with E-state index >= 15 is 0 Å². The summed E-state index contributed by atoms with van der Waals surface area (Å²) in [5, 5.41) is 17.1. The molecule has 0 unspecified atom stereocenters. The lowest BCUT2D eigenvalue weighted by atomic mass is 10.1. The fourth-order valence-corrected chi connectivity index (χ4v) is 3.40. The molecule has 2 N–H and O–H groups in total. The van der Waals surface area contributed by atoms with Crippen molar-refractivity contribution < 1.29 is 14.1 Å². The Bertz CT molecular complexity index is 924. The number of nitro groups is 1. The molecule has 1 saturated heterocycles. The van der Waals surface area contributed by atoms with Crippen molar-refractivity contribution in [1.29, 1.82) is 0 Å². The van der Waals surface area contributed by atoms with E-state index in [1.165, 1.54) is 18.2 Å². The summed E-state index contributed by atoms with van der Waals surface area (Å²) in [5.41, 5.74) is 1.26. The van der Waals surface area contributed by atoms with Gasteiger partial charge in [-0.3, -0.25) is 14.9 Å². The third-order valence-corrected chi connectivity index (χ3v) is 5.05. The molecule has 1 saturated carbocycles. The van der Waals surface area contributed by atoms with Crippen LogP contribution in [0, 0.1) is 15.9 Å². The Hall–Kier alpha value is -3.16. The molecule has 1 aliphatic carbocycles. The van der Waals surface area contributed by atoms with Gasteiger partial charge < -0.3 is 15.5 Å². The third-order valence-electron chi connectivity index (χ3n) is 5.05. The van der Waals surface area contributed by atoms with E-state index in [1.807, 2.05) is 4.90 Å². The van der Waals surface area contributed by atoms with E-state index in [1.54, 1.807) is 18.2 Å². The van der Waals surface area contributed by atoms with Gasteiger partial charge in [0.15, 0.2) is 0 Å². The highest BCUT2D eigenvalue weighted by Gasteiger charge is 2.25. The molecule has 2 aromatic carbocycles. The Morgan fingerprint density at radius 1 is 1.14 bits per heavy atom. The van der Waals surface area contributed by atoms with E-state index in [0.29, 0.717) is 17.1 Å². The van der Waals surface area contributed by atoms with E-state index in [2.05, 4.69) is 10.6 Å². The van der Waals surface area contributed by atoms with Crippen LogP contribution in [0.5, 0.6) is 0 Å². The molecule has 0 atom stereocenters. The van der Waals surface area contributed by atoms with Crippen LogP contribution in [0.25, 0.3) is 0 Å². The zero-order valence-corrected chi connectivity index (χ0v) is 15.3. The van der Waals surface area contributed by atoms with E-state index in [0.717, 1.165) is 38.8 Å². The fourth-order valence-electron chi connectivity index (χ4n) is 3.40. The van der Waals surface area contributed by atoms with Crippen LogP contribution in [0.3, 0.4) is 0 Å². The largest absolute Gasteiger partial charge is 0.377 e. The number of nitrogens with one attached hydrogen (secondary N) is 2. The number of nitrogens with zero attached hydrogens (tertiary/aromatic N) is 2. The highest BCUT2D eigenvalue weighted by atomic mass is 19.1. The second-order valence-electron chi connectivity index (χ2n) is 7.22. The molecule has 8 heteroatoms. The first-order chi connectivity index (χ1) is 13.5. The Morgan fingerprint density at radius 2 is 1.89 bits per heavy atom.